The molecule has 0 aromatic rings. The van der Waals surface area contributed by atoms with Gasteiger partial charge in [0.15, 0.2) is 0 Å². The second kappa shape index (κ2) is 5.08. The average molecular weight is 715 g/mol. The van der Waals surface area contributed by atoms with Gasteiger partial charge in [0.25, 0.3) is 0 Å². The minimum Gasteiger partial charge on any atom is -0.0877 e. The van der Waals surface area contributed by atoms with Crippen LogP contribution in [0.25, 0.3) is 0 Å². The molecule has 2 unspecified atom stereocenters. The summed E-state index contributed by atoms with van der Waals surface area (Å²) in [6, 6.07) is 0. The Balaban J connectivity index is 3.15. The lowest BCUT2D eigenvalue weighted by Crippen LogP contribution is -2.60. The molecule has 0 nitrogen and oxygen atoms in total. The van der Waals surface area contributed by atoms with Crippen molar-refractivity contribution in [1.29, 1.82) is 0 Å². The zero-order chi connectivity index (χ0) is 11.4. The molecule has 0 bridgehead atoms. The zero-order valence-corrected chi connectivity index (χ0v) is 19.1. The lowest BCUT2D eigenvalue weighted by Gasteiger charge is -2.52. The first-order chi connectivity index (χ1) is 6.04. The van der Waals surface area contributed by atoms with Gasteiger partial charge in [0.1, 0.15) is 9.70 Å². The fourth-order valence-electron chi connectivity index (χ4n) is 1.12. The number of alkyl halides is 8. The highest BCUT2D eigenvalue weighted by atomic mass is 79.9. The maximum absolute atomic E-state index is 3.68. The van der Waals surface area contributed by atoms with Crippen LogP contribution in [0.2, 0.25) is 0 Å². The molecule has 1 aliphatic rings. The lowest BCUT2D eigenvalue weighted by atomic mass is 9.99. The van der Waals surface area contributed by atoms with E-state index < -0.39 is 0 Å². The van der Waals surface area contributed by atoms with Gasteiger partial charge in [-0.1, -0.05) is 127 Å². The molecule has 1 rings (SSSR count). The van der Waals surface area contributed by atoms with Crippen molar-refractivity contribution in [3.63, 3.8) is 0 Å². The fourth-order valence-corrected chi connectivity index (χ4v) is 9.24. The van der Waals surface area contributed by atoms with Crippen molar-refractivity contribution in [2.45, 2.75) is 25.8 Å². The summed E-state index contributed by atoms with van der Waals surface area (Å²) in [6.07, 6.45) is 0.915. The van der Waals surface area contributed by atoms with E-state index in [-0.39, 0.29) is 14.5 Å². The standard InChI is InChI=1S/C6H4Br8/c7-2-1-4(9,10)6(13,14)5(11,12)3(2)8/h2-3H,1H2. The molecular weight excluding hydrogens is 711 g/mol. The van der Waals surface area contributed by atoms with Crippen molar-refractivity contribution in [2.24, 2.45) is 0 Å². The van der Waals surface area contributed by atoms with Crippen molar-refractivity contribution in [2.75, 3.05) is 0 Å². The molecule has 2 atom stereocenters. The van der Waals surface area contributed by atoms with Gasteiger partial charge in [-0.25, -0.2) is 0 Å². The third-order valence-electron chi connectivity index (χ3n) is 1.99. The normalized spacial score (nSPS) is 39.4. The Morgan fingerprint density at radius 2 is 1.29 bits per heavy atom. The van der Waals surface area contributed by atoms with E-state index in [1.165, 1.54) is 0 Å². The maximum atomic E-state index is 3.68. The van der Waals surface area contributed by atoms with Gasteiger partial charge in [-0.15, -0.1) is 0 Å². The van der Waals surface area contributed by atoms with Crippen LogP contribution >= 0.6 is 127 Å². The predicted octanol–water partition coefficient (Wildman–Crippen LogP) is 6.38. The second-order valence-corrected chi connectivity index (χ2v) is 16.0. The van der Waals surface area contributed by atoms with Crippen LogP contribution in [0, 0.1) is 0 Å². The van der Waals surface area contributed by atoms with Crippen LogP contribution in [0.15, 0.2) is 0 Å². The molecule has 1 aliphatic carbocycles. The SMILES string of the molecule is BrC1CC(Br)(Br)C(Br)(Br)C(Br)(Br)C1Br. The molecule has 1 fully saturated rings. The van der Waals surface area contributed by atoms with E-state index in [1.54, 1.807) is 0 Å². The highest BCUT2D eigenvalue weighted by Gasteiger charge is 2.65. The number of rotatable bonds is 0. The van der Waals surface area contributed by atoms with Crippen LogP contribution < -0.4 is 0 Å². The Bertz CT molecular complexity index is 234. The smallest absolute Gasteiger partial charge is 0.0877 e. The zero-order valence-electron chi connectivity index (χ0n) is 6.39. The molecule has 0 aromatic carbocycles. The van der Waals surface area contributed by atoms with Gasteiger partial charge < -0.3 is 0 Å². The molecule has 0 N–H and O–H groups in total. The summed E-state index contributed by atoms with van der Waals surface area (Å²) in [5, 5.41) is 0. The number of hydrogen-bond acceptors (Lipinski definition) is 0. The van der Waals surface area contributed by atoms with Crippen LogP contribution in [0.4, 0.5) is 0 Å². The Hall–Kier alpha value is 3.84. The van der Waals surface area contributed by atoms with Crippen LogP contribution in [-0.2, 0) is 0 Å². The topological polar surface area (TPSA) is 0 Å². The third kappa shape index (κ3) is 2.57. The second-order valence-electron chi connectivity index (χ2n) is 3.02. The molecule has 84 valence electrons. The van der Waals surface area contributed by atoms with Gasteiger partial charge in [0.2, 0.25) is 0 Å². The minimum atomic E-state index is -0.363. The largest absolute Gasteiger partial charge is 0.132 e. The van der Waals surface area contributed by atoms with E-state index in [9.17, 15) is 0 Å². The highest BCUT2D eigenvalue weighted by Crippen LogP contribution is 2.67. The van der Waals surface area contributed by atoms with Crippen LogP contribution in [0.3, 0.4) is 0 Å². The first-order valence-electron chi connectivity index (χ1n) is 3.45. The quantitative estimate of drug-likeness (QED) is 0.256. The summed E-state index contributed by atoms with van der Waals surface area (Å²) in [6.45, 7) is 0. The van der Waals surface area contributed by atoms with Gasteiger partial charge in [-0.05, 0) is 6.42 Å². The molecule has 14 heavy (non-hydrogen) atoms. The molecule has 0 aromatic heterocycles. The molecule has 0 saturated heterocycles. The minimum absolute atomic E-state index is 0.233. The average Bonchev–Trinajstić information content (AvgIpc) is 1.99. The van der Waals surface area contributed by atoms with Gasteiger partial charge in [0.05, 0.1) is 4.83 Å². The van der Waals surface area contributed by atoms with Gasteiger partial charge >= 0.3 is 0 Å². The number of hydrogen-bond donors (Lipinski definition) is 0. The molecule has 0 aliphatic heterocycles. The Labute approximate surface area is 150 Å². The molecule has 0 spiro atoms. The fraction of sp³-hybridized carbons (Fsp3) is 1.00. The first kappa shape index (κ1) is 15.9. The summed E-state index contributed by atoms with van der Waals surface area (Å²) in [7, 11) is 0. The summed E-state index contributed by atoms with van der Waals surface area (Å²) < 4.78 is -0.941. The van der Waals surface area contributed by atoms with Crippen LogP contribution in [0.5, 0.6) is 0 Å². The lowest BCUT2D eigenvalue weighted by molar-refractivity contribution is 0.533. The molecule has 8 heteroatoms. The summed E-state index contributed by atoms with van der Waals surface area (Å²) in [5.74, 6) is 0. The van der Waals surface area contributed by atoms with Crippen LogP contribution in [0.1, 0.15) is 6.42 Å². The van der Waals surface area contributed by atoms with Crippen molar-refractivity contribution in [3.8, 4) is 0 Å². The van der Waals surface area contributed by atoms with Crippen LogP contribution in [-0.4, -0.2) is 19.4 Å². The maximum Gasteiger partial charge on any atom is 0.132 e. The van der Waals surface area contributed by atoms with Gasteiger partial charge in [-0.3, -0.25) is 0 Å². The van der Waals surface area contributed by atoms with Crippen molar-refractivity contribution in [1.82, 2.24) is 0 Å². The summed E-state index contributed by atoms with van der Waals surface area (Å²) in [4.78, 5) is 0.570. The molecule has 1 saturated carbocycles. The van der Waals surface area contributed by atoms with Crippen molar-refractivity contribution >= 4 is 127 Å². The molecule has 0 heterocycles. The Kier molecular flexibility index (Phi) is 5.77. The van der Waals surface area contributed by atoms with E-state index in [0.717, 1.165) is 6.42 Å². The summed E-state index contributed by atoms with van der Waals surface area (Å²) >= 11 is 29.4. The van der Waals surface area contributed by atoms with Gasteiger partial charge in [0, 0.05) is 4.83 Å². The van der Waals surface area contributed by atoms with Gasteiger partial charge in [-0.2, -0.15) is 0 Å². The van der Waals surface area contributed by atoms with E-state index in [0.29, 0.717) is 4.83 Å². The molecular formula is C6H4Br8. The van der Waals surface area contributed by atoms with E-state index in [1.807, 2.05) is 0 Å². The van der Waals surface area contributed by atoms with E-state index >= 15 is 0 Å². The van der Waals surface area contributed by atoms with E-state index in [4.69, 9.17) is 0 Å². The highest BCUT2D eigenvalue weighted by molar-refractivity contribution is 9.33. The Morgan fingerprint density at radius 3 is 1.71 bits per heavy atom. The van der Waals surface area contributed by atoms with Crippen molar-refractivity contribution in [3.05, 3.63) is 0 Å². The third-order valence-corrected chi connectivity index (χ3v) is 17.0. The first-order valence-corrected chi connectivity index (χ1v) is 10.0. The molecule has 0 radical (unpaired) electrons. The van der Waals surface area contributed by atoms with E-state index in [2.05, 4.69) is 127 Å². The van der Waals surface area contributed by atoms with Crippen molar-refractivity contribution < 1.29 is 0 Å². The Morgan fingerprint density at radius 1 is 0.857 bits per heavy atom. The monoisotopic (exact) mass is 707 g/mol. The predicted molar refractivity (Wildman–Crippen MR) is 91.8 cm³/mol. The molecule has 0 amide bonds. The number of halogens is 8. The summed E-state index contributed by atoms with van der Waals surface area (Å²) in [5.41, 5.74) is 0.